The number of carbonyl (C=O) groups is 1. The third-order valence-electron chi connectivity index (χ3n) is 5.15. The predicted molar refractivity (Wildman–Crippen MR) is 110 cm³/mol. The average molecular weight is 441 g/mol. The standard InChI is InChI=1S/C22H24ClF3N2O2/c1-2-30-17-10-12-28(13-11-17)20(15-6-4-3-5-7-15)21(29)27-16-8-9-19(23)18(14-16)22(24,25)26/h3-9,14,17,20H,2,10-13H2,1H3,(H,27,29). The zero-order valence-corrected chi connectivity index (χ0v) is 17.3. The van der Waals surface area contributed by atoms with Crippen LogP contribution in [0.25, 0.3) is 0 Å². The van der Waals surface area contributed by atoms with Crippen molar-refractivity contribution in [3.63, 3.8) is 0 Å². The summed E-state index contributed by atoms with van der Waals surface area (Å²) in [4.78, 5) is 15.2. The fourth-order valence-corrected chi connectivity index (χ4v) is 3.96. The Hall–Kier alpha value is -2.09. The first-order chi connectivity index (χ1) is 14.3. The van der Waals surface area contributed by atoms with Gasteiger partial charge in [0.15, 0.2) is 0 Å². The topological polar surface area (TPSA) is 41.6 Å². The molecule has 1 aliphatic rings. The summed E-state index contributed by atoms with van der Waals surface area (Å²) in [6, 6.07) is 12.0. The van der Waals surface area contributed by atoms with Gasteiger partial charge >= 0.3 is 6.18 Å². The molecular weight excluding hydrogens is 417 g/mol. The second kappa shape index (κ2) is 9.81. The highest BCUT2D eigenvalue weighted by Crippen LogP contribution is 2.36. The van der Waals surface area contributed by atoms with Crippen LogP contribution in [0.1, 0.15) is 36.9 Å². The SMILES string of the molecule is CCOC1CCN(C(C(=O)Nc2ccc(Cl)c(C(F)(F)F)c2)c2ccccc2)CC1. The van der Waals surface area contributed by atoms with Crippen LogP contribution in [0.2, 0.25) is 5.02 Å². The number of piperidine rings is 1. The molecule has 1 heterocycles. The third-order valence-corrected chi connectivity index (χ3v) is 5.48. The Bertz CT molecular complexity index is 853. The number of alkyl halides is 3. The van der Waals surface area contributed by atoms with Gasteiger partial charge in [-0.2, -0.15) is 13.2 Å². The number of halogens is 4. The molecule has 1 aliphatic heterocycles. The summed E-state index contributed by atoms with van der Waals surface area (Å²) in [7, 11) is 0. The number of amides is 1. The molecule has 1 amide bonds. The van der Waals surface area contributed by atoms with Gasteiger partial charge in [0, 0.05) is 25.4 Å². The molecule has 2 aromatic rings. The van der Waals surface area contributed by atoms with Crippen molar-refractivity contribution in [3.05, 3.63) is 64.7 Å². The molecule has 3 rings (SSSR count). The smallest absolute Gasteiger partial charge is 0.378 e. The van der Waals surface area contributed by atoms with Gasteiger partial charge in [-0.05, 0) is 43.5 Å². The minimum Gasteiger partial charge on any atom is -0.378 e. The molecule has 0 spiro atoms. The van der Waals surface area contributed by atoms with Gasteiger partial charge in [0.25, 0.3) is 0 Å². The molecule has 0 aromatic heterocycles. The summed E-state index contributed by atoms with van der Waals surface area (Å²) >= 11 is 5.68. The second-order valence-corrected chi connectivity index (χ2v) is 7.59. The van der Waals surface area contributed by atoms with E-state index in [1.807, 2.05) is 42.2 Å². The molecule has 8 heteroatoms. The quantitative estimate of drug-likeness (QED) is 0.641. The van der Waals surface area contributed by atoms with E-state index >= 15 is 0 Å². The molecule has 30 heavy (non-hydrogen) atoms. The molecule has 0 saturated carbocycles. The Kier molecular flexibility index (Phi) is 7.39. The van der Waals surface area contributed by atoms with Crippen molar-refractivity contribution in [2.75, 3.05) is 25.0 Å². The van der Waals surface area contributed by atoms with E-state index in [1.165, 1.54) is 6.07 Å². The van der Waals surface area contributed by atoms with E-state index < -0.39 is 22.8 Å². The maximum absolute atomic E-state index is 13.2. The Morgan fingerprint density at radius 2 is 1.87 bits per heavy atom. The lowest BCUT2D eigenvalue weighted by Gasteiger charge is -2.36. The van der Waals surface area contributed by atoms with E-state index in [-0.39, 0.29) is 17.7 Å². The van der Waals surface area contributed by atoms with Crippen LogP contribution in [0, 0.1) is 0 Å². The van der Waals surface area contributed by atoms with Crippen molar-refractivity contribution < 1.29 is 22.7 Å². The van der Waals surface area contributed by atoms with E-state index in [4.69, 9.17) is 16.3 Å². The van der Waals surface area contributed by atoms with Crippen molar-refractivity contribution in [2.45, 2.75) is 38.1 Å². The highest BCUT2D eigenvalue weighted by Gasteiger charge is 2.34. The molecule has 1 atom stereocenters. The largest absolute Gasteiger partial charge is 0.417 e. The van der Waals surface area contributed by atoms with Crippen LogP contribution < -0.4 is 5.32 Å². The number of hydrogen-bond acceptors (Lipinski definition) is 3. The van der Waals surface area contributed by atoms with E-state index in [9.17, 15) is 18.0 Å². The number of likely N-dealkylation sites (tertiary alicyclic amines) is 1. The lowest BCUT2D eigenvalue weighted by molar-refractivity contribution is -0.137. The van der Waals surface area contributed by atoms with Crippen LogP contribution in [0.5, 0.6) is 0 Å². The summed E-state index contributed by atoms with van der Waals surface area (Å²) < 4.78 is 45.2. The van der Waals surface area contributed by atoms with Crippen LogP contribution in [0.3, 0.4) is 0 Å². The van der Waals surface area contributed by atoms with Gasteiger partial charge in [0.2, 0.25) is 5.91 Å². The first kappa shape index (κ1) is 22.6. The van der Waals surface area contributed by atoms with Gasteiger partial charge in [-0.1, -0.05) is 41.9 Å². The van der Waals surface area contributed by atoms with Gasteiger partial charge in [0.05, 0.1) is 16.7 Å². The molecule has 1 N–H and O–H groups in total. The van der Waals surface area contributed by atoms with E-state index in [0.717, 1.165) is 30.5 Å². The monoisotopic (exact) mass is 440 g/mol. The second-order valence-electron chi connectivity index (χ2n) is 7.19. The number of anilines is 1. The van der Waals surface area contributed by atoms with Gasteiger partial charge in [-0.15, -0.1) is 0 Å². The molecule has 4 nitrogen and oxygen atoms in total. The highest BCUT2D eigenvalue weighted by molar-refractivity contribution is 6.31. The third kappa shape index (κ3) is 5.53. The van der Waals surface area contributed by atoms with Crippen molar-refractivity contribution in [3.8, 4) is 0 Å². The van der Waals surface area contributed by atoms with Crippen LogP contribution >= 0.6 is 11.6 Å². The molecule has 0 radical (unpaired) electrons. The summed E-state index contributed by atoms with van der Waals surface area (Å²) in [5, 5.41) is 2.24. The zero-order valence-electron chi connectivity index (χ0n) is 16.6. The summed E-state index contributed by atoms with van der Waals surface area (Å²) in [6.07, 6.45) is -2.85. The van der Waals surface area contributed by atoms with Crippen LogP contribution in [-0.2, 0) is 15.7 Å². The van der Waals surface area contributed by atoms with Gasteiger partial charge in [-0.25, -0.2) is 0 Å². The summed E-state index contributed by atoms with van der Waals surface area (Å²) in [5.74, 6) is -0.383. The first-order valence-electron chi connectivity index (χ1n) is 9.87. The molecule has 162 valence electrons. The fourth-order valence-electron chi connectivity index (χ4n) is 3.73. The lowest BCUT2D eigenvalue weighted by atomic mass is 9.99. The zero-order chi connectivity index (χ0) is 21.7. The number of rotatable bonds is 6. The Morgan fingerprint density at radius 1 is 1.20 bits per heavy atom. The minimum atomic E-state index is -4.60. The fraction of sp³-hybridized carbons (Fsp3) is 0.409. The Balaban J connectivity index is 1.82. The molecule has 1 fully saturated rings. The van der Waals surface area contributed by atoms with E-state index in [1.54, 1.807) is 0 Å². The number of nitrogens with zero attached hydrogens (tertiary/aromatic N) is 1. The summed E-state index contributed by atoms with van der Waals surface area (Å²) in [5.41, 5.74) is -0.132. The van der Waals surface area contributed by atoms with Crippen molar-refractivity contribution in [1.82, 2.24) is 4.90 Å². The Labute approximate surface area is 179 Å². The van der Waals surface area contributed by atoms with Crippen LogP contribution in [0.15, 0.2) is 48.5 Å². The number of ether oxygens (including phenoxy) is 1. The molecule has 1 saturated heterocycles. The van der Waals surface area contributed by atoms with Crippen LogP contribution in [0.4, 0.5) is 18.9 Å². The molecular formula is C22H24ClF3N2O2. The maximum Gasteiger partial charge on any atom is 0.417 e. The molecule has 1 unspecified atom stereocenters. The number of carbonyl (C=O) groups excluding carboxylic acids is 1. The van der Waals surface area contributed by atoms with E-state index in [0.29, 0.717) is 19.7 Å². The van der Waals surface area contributed by atoms with E-state index in [2.05, 4.69) is 5.32 Å². The average Bonchev–Trinajstić information content (AvgIpc) is 2.71. The number of nitrogens with one attached hydrogen (secondary N) is 1. The van der Waals surface area contributed by atoms with Crippen molar-refractivity contribution >= 4 is 23.2 Å². The molecule has 0 aliphatic carbocycles. The molecule has 0 bridgehead atoms. The van der Waals surface area contributed by atoms with Crippen LogP contribution in [-0.4, -0.2) is 36.6 Å². The van der Waals surface area contributed by atoms with Crippen molar-refractivity contribution in [1.29, 1.82) is 0 Å². The molecule has 2 aromatic carbocycles. The number of hydrogen-bond donors (Lipinski definition) is 1. The predicted octanol–water partition coefficient (Wildman–Crippen LogP) is 5.54. The van der Waals surface area contributed by atoms with Gasteiger partial charge in [-0.3, -0.25) is 9.69 Å². The normalized spacial score (nSPS) is 17.0. The summed E-state index contributed by atoms with van der Waals surface area (Å²) in [6.45, 7) is 3.91. The minimum absolute atomic E-state index is 0.0573. The van der Waals surface area contributed by atoms with Crippen molar-refractivity contribution in [2.24, 2.45) is 0 Å². The highest BCUT2D eigenvalue weighted by atomic mass is 35.5. The Morgan fingerprint density at radius 3 is 2.47 bits per heavy atom. The first-order valence-corrected chi connectivity index (χ1v) is 10.3. The maximum atomic E-state index is 13.2. The number of benzene rings is 2. The van der Waals surface area contributed by atoms with Gasteiger partial charge in [0.1, 0.15) is 6.04 Å². The lowest BCUT2D eigenvalue weighted by Crippen LogP contribution is -2.43. The van der Waals surface area contributed by atoms with Gasteiger partial charge < -0.3 is 10.1 Å².